The van der Waals surface area contributed by atoms with Gasteiger partial charge in [0.2, 0.25) is 0 Å². The first-order valence-electron chi connectivity index (χ1n) is 6.99. The number of ether oxygens (including phenoxy) is 1. The molecule has 0 saturated heterocycles. The lowest BCUT2D eigenvalue weighted by Crippen LogP contribution is -2.33. The SMILES string of the molecule is Cc1ccc(C)c(OCCCCC(C)(O)CN)c1C. The summed E-state index contributed by atoms with van der Waals surface area (Å²) in [6, 6.07) is 4.22. The summed E-state index contributed by atoms with van der Waals surface area (Å²) in [6.45, 7) is 9.04. The molecule has 0 radical (unpaired) electrons. The molecule has 0 spiro atoms. The van der Waals surface area contributed by atoms with Gasteiger partial charge >= 0.3 is 0 Å². The van der Waals surface area contributed by atoms with Gasteiger partial charge in [0.1, 0.15) is 5.75 Å². The fourth-order valence-electron chi connectivity index (χ4n) is 2.03. The molecule has 1 aromatic rings. The fourth-order valence-corrected chi connectivity index (χ4v) is 2.03. The molecule has 0 fully saturated rings. The molecule has 1 atom stereocenters. The van der Waals surface area contributed by atoms with Crippen molar-refractivity contribution >= 4 is 0 Å². The number of aryl methyl sites for hydroxylation is 2. The molecule has 3 heteroatoms. The van der Waals surface area contributed by atoms with Crippen LogP contribution in [-0.2, 0) is 0 Å². The summed E-state index contributed by atoms with van der Waals surface area (Å²) in [4.78, 5) is 0. The van der Waals surface area contributed by atoms with Crippen molar-refractivity contribution in [3.05, 3.63) is 28.8 Å². The van der Waals surface area contributed by atoms with Gasteiger partial charge < -0.3 is 15.6 Å². The van der Waals surface area contributed by atoms with Gasteiger partial charge in [-0.1, -0.05) is 12.1 Å². The van der Waals surface area contributed by atoms with Gasteiger partial charge in [-0.15, -0.1) is 0 Å². The molecule has 1 rings (SSSR count). The maximum atomic E-state index is 9.80. The van der Waals surface area contributed by atoms with E-state index in [0.717, 1.165) is 25.0 Å². The van der Waals surface area contributed by atoms with E-state index in [1.165, 1.54) is 16.7 Å². The molecule has 1 unspecified atom stereocenters. The number of nitrogens with two attached hydrogens (primary N) is 1. The highest BCUT2D eigenvalue weighted by Gasteiger charge is 2.16. The van der Waals surface area contributed by atoms with Crippen LogP contribution in [0.1, 0.15) is 42.9 Å². The number of rotatable bonds is 7. The molecule has 3 nitrogen and oxygen atoms in total. The Labute approximate surface area is 116 Å². The first-order chi connectivity index (χ1) is 8.87. The maximum absolute atomic E-state index is 9.80. The Hall–Kier alpha value is -1.06. The third-order valence-corrected chi connectivity index (χ3v) is 3.67. The third-order valence-electron chi connectivity index (χ3n) is 3.67. The van der Waals surface area contributed by atoms with Crippen molar-refractivity contribution in [1.29, 1.82) is 0 Å². The summed E-state index contributed by atoms with van der Waals surface area (Å²) in [5.41, 5.74) is 8.40. The Morgan fingerprint density at radius 2 is 1.79 bits per heavy atom. The Balaban J connectivity index is 2.40. The minimum atomic E-state index is -0.741. The maximum Gasteiger partial charge on any atom is 0.125 e. The van der Waals surface area contributed by atoms with E-state index in [1.54, 1.807) is 6.92 Å². The van der Waals surface area contributed by atoms with Crippen LogP contribution in [0.4, 0.5) is 0 Å². The van der Waals surface area contributed by atoms with Crippen LogP contribution < -0.4 is 10.5 Å². The molecule has 0 aliphatic carbocycles. The summed E-state index contributed by atoms with van der Waals surface area (Å²) < 4.78 is 5.88. The summed E-state index contributed by atoms with van der Waals surface area (Å²) in [5.74, 6) is 1.01. The Morgan fingerprint density at radius 3 is 2.42 bits per heavy atom. The predicted molar refractivity (Wildman–Crippen MR) is 79.7 cm³/mol. The minimum Gasteiger partial charge on any atom is -0.493 e. The first-order valence-corrected chi connectivity index (χ1v) is 6.99. The van der Waals surface area contributed by atoms with Crippen LogP contribution >= 0.6 is 0 Å². The molecular formula is C16H27NO2. The number of hydrogen-bond acceptors (Lipinski definition) is 3. The van der Waals surface area contributed by atoms with E-state index in [2.05, 4.69) is 32.9 Å². The lowest BCUT2D eigenvalue weighted by molar-refractivity contribution is 0.0562. The van der Waals surface area contributed by atoms with Crippen molar-refractivity contribution in [1.82, 2.24) is 0 Å². The van der Waals surface area contributed by atoms with Gasteiger partial charge in [0, 0.05) is 6.54 Å². The highest BCUT2D eigenvalue weighted by atomic mass is 16.5. The fraction of sp³-hybridized carbons (Fsp3) is 0.625. The third kappa shape index (κ3) is 4.84. The molecule has 108 valence electrons. The minimum absolute atomic E-state index is 0.309. The van der Waals surface area contributed by atoms with Crippen molar-refractivity contribution in [2.75, 3.05) is 13.2 Å². The molecular weight excluding hydrogens is 238 g/mol. The van der Waals surface area contributed by atoms with Crippen molar-refractivity contribution in [2.45, 2.75) is 52.6 Å². The van der Waals surface area contributed by atoms with Gasteiger partial charge in [-0.2, -0.15) is 0 Å². The average Bonchev–Trinajstić information content (AvgIpc) is 2.37. The smallest absolute Gasteiger partial charge is 0.125 e. The summed E-state index contributed by atoms with van der Waals surface area (Å²) in [6.07, 6.45) is 2.58. The molecule has 0 aliphatic heterocycles. The normalized spacial score (nSPS) is 14.2. The van der Waals surface area contributed by atoms with E-state index in [9.17, 15) is 5.11 Å². The molecule has 1 aromatic carbocycles. The van der Waals surface area contributed by atoms with E-state index >= 15 is 0 Å². The highest BCUT2D eigenvalue weighted by molar-refractivity contribution is 5.44. The zero-order valence-electron chi connectivity index (χ0n) is 12.6. The molecule has 3 N–H and O–H groups in total. The Bertz CT molecular complexity index is 413. The van der Waals surface area contributed by atoms with Crippen molar-refractivity contribution in [3.8, 4) is 5.75 Å². The first kappa shape index (κ1) is 16.0. The van der Waals surface area contributed by atoms with Gasteiger partial charge in [0.25, 0.3) is 0 Å². The molecule has 0 heterocycles. The predicted octanol–water partition coefficient (Wildman–Crippen LogP) is 2.87. The van der Waals surface area contributed by atoms with Crippen molar-refractivity contribution < 1.29 is 9.84 Å². The van der Waals surface area contributed by atoms with Gasteiger partial charge in [0.15, 0.2) is 0 Å². The van der Waals surface area contributed by atoms with Crippen LogP contribution in [0.25, 0.3) is 0 Å². The average molecular weight is 265 g/mol. The van der Waals surface area contributed by atoms with Crippen LogP contribution in [0.2, 0.25) is 0 Å². The molecule has 0 bridgehead atoms. The van der Waals surface area contributed by atoms with Crippen LogP contribution in [0.15, 0.2) is 12.1 Å². The second-order valence-corrected chi connectivity index (χ2v) is 5.66. The van der Waals surface area contributed by atoms with E-state index in [0.29, 0.717) is 13.2 Å². The lowest BCUT2D eigenvalue weighted by atomic mass is 9.99. The van der Waals surface area contributed by atoms with Gasteiger partial charge in [-0.25, -0.2) is 0 Å². The van der Waals surface area contributed by atoms with Crippen LogP contribution in [0, 0.1) is 20.8 Å². The van der Waals surface area contributed by atoms with E-state index < -0.39 is 5.60 Å². The van der Waals surface area contributed by atoms with E-state index in [4.69, 9.17) is 10.5 Å². The molecule has 0 amide bonds. The Kier molecular flexibility index (Phi) is 5.83. The molecule has 0 aromatic heterocycles. The second-order valence-electron chi connectivity index (χ2n) is 5.66. The topological polar surface area (TPSA) is 55.5 Å². The van der Waals surface area contributed by atoms with Gasteiger partial charge in [-0.05, 0) is 63.6 Å². The summed E-state index contributed by atoms with van der Waals surface area (Å²) in [5, 5.41) is 9.80. The summed E-state index contributed by atoms with van der Waals surface area (Å²) in [7, 11) is 0. The monoisotopic (exact) mass is 265 g/mol. The van der Waals surface area contributed by atoms with Crippen LogP contribution in [-0.4, -0.2) is 23.9 Å². The lowest BCUT2D eigenvalue weighted by Gasteiger charge is -2.20. The van der Waals surface area contributed by atoms with E-state index in [-0.39, 0.29) is 0 Å². The quantitative estimate of drug-likeness (QED) is 0.745. The van der Waals surface area contributed by atoms with Crippen LogP contribution in [0.3, 0.4) is 0 Å². The number of unbranched alkanes of at least 4 members (excludes halogenated alkanes) is 1. The summed E-state index contributed by atoms with van der Waals surface area (Å²) >= 11 is 0. The Morgan fingerprint density at radius 1 is 1.16 bits per heavy atom. The largest absolute Gasteiger partial charge is 0.493 e. The molecule has 0 saturated carbocycles. The number of benzene rings is 1. The molecule has 0 aliphatic rings. The number of hydrogen-bond donors (Lipinski definition) is 2. The second kappa shape index (κ2) is 6.92. The van der Waals surface area contributed by atoms with Crippen LogP contribution in [0.5, 0.6) is 5.75 Å². The molecule has 19 heavy (non-hydrogen) atoms. The van der Waals surface area contributed by atoms with Crippen molar-refractivity contribution in [3.63, 3.8) is 0 Å². The zero-order valence-corrected chi connectivity index (χ0v) is 12.6. The van der Waals surface area contributed by atoms with Crippen molar-refractivity contribution in [2.24, 2.45) is 5.73 Å². The highest BCUT2D eigenvalue weighted by Crippen LogP contribution is 2.26. The standard InChI is InChI=1S/C16H27NO2/c1-12-7-8-13(2)15(14(12)3)19-10-6-5-9-16(4,18)11-17/h7-8,18H,5-6,9-11,17H2,1-4H3. The van der Waals surface area contributed by atoms with Gasteiger partial charge in [0.05, 0.1) is 12.2 Å². The van der Waals surface area contributed by atoms with Gasteiger partial charge in [-0.3, -0.25) is 0 Å². The zero-order chi connectivity index (χ0) is 14.5. The van der Waals surface area contributed by atoms with E-state index in [1.807, 2.05) is 0 Å². The number of aliphatic hydroxyl groups is 1.